The average molecular weight is 364 g/mol. The Labute approximate surface area is 155 Å². The molecular formula is C20H17N3S2. The molecule has 0 bridgehead atoms. The van der Waals surface area contributed by atoms with Crippen molar-refractivity contribution in [3.8, 4) is 11.4 Å². The maximum atomic E-state index is 4.47. The molecular weight excluding hydrogens is 346 g/mol. The van der Waals surface area contributed by atoms with Crippen molar-refractivity contribution in [3.63, 3.8) is 0 Å². The molecule has 4 rings (SSSR count). The van der Waals surface area contributed by atoms with Gasteiger partial charge < -0.3 is 0 Å². The van der Waals surface area contributed by atoms with Crippen LogP contribution < -0.4 is 0 Å². The predicted octanol–water partition coefficient (Wildman–Crippen LogP) is 5.35. The van der Waals surface area contributed by atoms with Gasteiger partial charge in [0.1, 0.15) is 0 Å². The predicted molar refractivity (Wildman–Crippen MR) is 105 cm³/mol. The van der Waals surface area contributed by atoms with Crippen LogP contribution in [-0.4, -0.2) is 14.8 Å². The first kappa shape index (κ1) is 16.1. The van der Waals surface area contributed by atoms with Crippen molar-refractivity contribution in [2.45, 2.75) is 17.5 Å². The molecule has 0 aliphatic heterocycles. The van der Waals surface area contributed by atoms with E-state index in [4.69, 9.17) is 0 Å². The van der Waals surface area contributed by atoms with Gasteiger partial charge in [0.2, 0.25) is 0 Å². The molecule has 0 spiro atoms. The third kappa shape index (κ3) is 3.83. The first-order valence-electron chi connectivity index (χ1n) is 8.06. The molecule has 4 aromatic rings. The lowest BCUT2D eigenvalue weighted by molar-refractivity contribution is 0.715. The fourth-order valence-electron chi connectivity index (χ4n) is 2.63. The number of aromatic nitrogens is 3. The summed E-state index contributed by atoms with van der Waals surface area (Å²) < 4.78 is 2.21. The Balaban J connectivity index is 1.64. The molecule has 5 heteroatoms. The molecule has 2 aromatic heterocycles. The lowest BCUT2D eigenvalue weighted by Crippen LogP contribution is -2.03. The standard InChI is InChI=1S/C20H17N3S2/c1-3-7-16(8-4-1)13-23-19(18-11-12-24-15-18)21-22-20(23)25-14-17-9-5-2-6-10-17/h1-12,15H,13-14H2. The monoisotopic (exact) mass is 363 g/mol. The highest BCUT2D eigenvalue weighted by molar-refractivity contribution is 7.98. The van der Waals surface area contributed by atoms with Crippen molar-refractivity contribution in [2.24, 2.45) is 0 Å². The second-order valence-electron chi connectivity index (χ2n) is 5.66. The molecule has 0 amide bonds. The molecule has 2 heterocycles. The van der Waals surface area contributed by atoms with E-state index in [1.54, 1.807) is 23.1 Å². The molecule has 0 atom stereocenters. The number of nitrogens with zero attached hydrogens (tertiary/aromatic N) is 3. The highest BCUT2D eigenvalue weighted by Gasteiger charge is 2.15. The molecule has 0 aliphatic rings. The maximum absolute atomic E-state index is 4.47. The van der Waals surface area contributed by atoms with Crippen LogP contribution in [0.3, 0.4) is 0 Å². The van der Waals surface area contributed by atoms with Gasteiger partial charge in [-0.2, -0.15) is 11.3 Å². The van der Waals surface area contributed by atoms with Gasteiger partial charge >= 0.3 is 0 Å². The van der Waals surface area contributed by atoms with E-state index in [1.165, 1.54) is 11.1 Å². The summed E-state index contributed by atoms with van der Waals surface area (Å²) in [7, 11) is 0. The second-order valence-corrected chi connectivity index (χ2v) is 7.39. The fourth-order valence-corrected chi connectivity index (χ4v) is 4.16. The van der Waals surface area contributed by atoms with Crippen LogP contribution in [0.4, 0.5) is 0 Å². The summed E-state index contributed by atoms with van der Waals surface area (Å²) in [5.74, 6) is 1.82. The molecule has 0 radical (unpaired) electrons. The van der Waals surface area contributed by atoms with Crippen LogP contribution in [0.25, 0.3) is 11.4 Å². The van der Waals surface area contributed by atoms with E-state index < -0.39 is 0 Å². The van der Waals surface area contributed by atoms with Gasteiger partial charge in [-0.1, -0.05) is 72.4 Å². The van der Waals surface area contributed by atoms with Gasteiger partial charge in [0.25, 0.3) is 0 Å². The van der Waals surface area contributed by atoms with Gasteiger partial charge in [-0.25, -0.2) is 0 Å². The van der Waals surface area contributed by atoms with Crippen molar-refractivity contribution in [1.29, 1.82) is 0 Å². The lowest BCUT2D eigenvalue weighted by atomic mass is 10.2. The normalized spacial score (nSPS) is 10.9. The SMILES string of the molecule is c1ccc(CSc2nnc(-c3ccsc3)n2Cc2ccccc2)cc1. The zero-order valence-corrected chi connectivity index (χ0v) is 15.2. The van der Waals surface area contributed by atoms with E-state index in [1.807, 2.05) is 12.1 Å². The van der Waals surface area contributed by atoms with E-state index in [2.05, 4.69) is 80.1 Å². The highest BCUT2D eigenvalue weighted by atomic mass is 32.2. The van der Waals surface area contributed by atoms with Crippen LogP contribution in [0.5, 0.6) is 0 Å². The minimum atomic E-state index is 0.774. The van der Waals surface area contributed by atoms with Crippen molar-refractivity contribution < 1.29 is 0 Å². The number of hydrogen-bond acceptors (Lipinski definition) is 4. The Morgan fingerprint density at radius 1 is 0.840 bits per heavy atom. The van der Waals surface area contributed by atoms with Crippen LogP contribution in [0, 0.1) is 0 Å². The summed E-state index contributed by atoms with van der Waals surface area (Å²) in [6, 6.07) is 23.0. The molecule has 0 saturated carbocycles. The molecule has 2 aromatic carbocycles. The van der Waals surface area contributed by atoms with Crippen LogP contribution in [0.2, 0.25) is 0 Å². The Bertz CT molecular complexity index is 916. The number of benzene rings is 2. The van der Waals surface area contributed by atoms with Crippen LogP contribution in [-0.2, 0) is 12.3 Å². The minimum absolute atomic E-state index is 0.774. The summed E-state index contributed by atoms with van der Waals surface area (Å²) in [4.78, 5) is 0. The van der Waals surface area contributed by atoms with Crippen molar-refractivity contribution in [1.82, 2.24) is 14.8 Å². The van der Waals surface area contributed by atoms with Crippen molar-refractivity contribution in [3.05, 3.63) is 88.6 Å². The lowest BCUT2D eigenvalue weighted by Gasteiger charge is -2.10. The number of rotatable bonds is 6. The van der Waals surface area contributed by atoms with Gasteiger partial charge in [-0.3, -0.25) is 4.57 Å². The third-order valence-corrected chi connectivity index (χ3v) is 5.61. The molecule has 0 fully saturated rings. The van der Waals surface area contributed by atoms with Crippen LogP contribution in [0.1, 0.15) is 11.1 Å². The van der Waals surface area contributed by atoms with Gasteiger partial charge in [0.15, 0.2) is 11.0 Å². The first-order chi connectivity index (χ1) is 12.4. The van der Waals surface area contributed by atoms with Gasteiger partial charge in [-0.05, 0) is 22.6 Å². The maximum Gasteiger partial charge on any atom is 0.192 e. The Hall–Kier alpha value is -2.37. The number of hydrogen-bond donors (Lipinski definition) is 0. The van der Waals surface area contributed by atoms with Crippen LogP contribution in [0.15, 0.2) is 82.6 Å². The Morgan fingerprint density at radius 2 is 1.56 bits per heavy atom. The molecule has 0 aliphatic carbocycles. The zero-order valence-electron chi connectivity index (χ0n) is 13.6. The average Bonchev–Trinajstić information content (AvgIpc) is 3.32. The van der Waals surface area contributed by atoms with E-state index in [0.717, 1.165) is 28.8 Å². The Kier molecular flexibility index (Phi) is 4.95. The van der Waals surface area contributed by atoms with Gasteiger partial charge in [0, 0.05) is 16.7 Å². The van der Waals surface area contributed by atoms with Gasteiger partial charge in [0.05, 0.1) is 6.54 Å². The number of thiophene rings is 1. The Morgan fingerprint density at radius 3 is 2.24 bits per heavy atom. The third-order valence-electron chi connectivity index (χ3n) is 3.89. The molecule has 0 N–H and O–H groups in total. The summed E-state index contributed by atoms with van der Waals surface area (Å²) >= 11 is 3.41. The zero-order chi connectivity index (χ0) is 16.9. The summed E-state index contributed by atoms with van der Waals surface area (Å²) in [6.45, 7) is 0.774. The van der Waals surface area contributed by atoms with Crippen LogP contribution >= 0.6 is 23.1 Å². The quantitative estimate of drug-likeness (QED) is 0.433. The van der Waals surface area contributed by atoms with E-state index >= 15 is 0 Å². The van der Waals surface area contributed by atoms with Crippen molar-refractivity contribution in [2.75, 3.05) is 0 Å². The molecule has 124 valence electrons. The van der Waals surface area contributed by atoms with E-state index in [9.17, 15) is 0 Å². The topological polar surface area (TPSA) is 30.7 Å². The molecule has 0 saturated heterocycles. The van der Waals surface area contributed by atoms with E-state index in [-0.39, 0.29) is 0 Å². The smallest absolute Gasteiger partial charge is 0.192 e. The largest absolute Gasteiger partial charge is 0.298 e. The minimum Gasteiger partial charge on any atom is -0.298 e. The van der Waals surface area contributed by atoms with Gasteiger partial charge in [-0.15, -0.1) is 10.2 Å². The second kappa shape index (κ2) is 7.68. The summed E-state index contributed by atoms with van der Waals surface area (Å²) in [5, 5.41) is 14.1. The van der Waals surface area contributed by atoms with E-state index in [0.29, 0.717) is 0 Å². The highest BCUT2D eigenvalue weighted by Crippen LogP contribution is 2.28. The molecule has 0 unspecified atom stereocenters. The molecule has 3 nitrogen and oxygen atoms in total. The summed E-state index contributed by atoms with van der Waals surface area (Å²) in [5.41, 5.74) is 3.67. The fraction of sp³-hybridized carbons (Fsp3) is 0.100. The van der Waals surface area contributed by atoms with Crippen molar-refractivity contribution >= 4 is 23.1 Å². The summed E-state index contributed by atoms with van der Waals surface area (Å²) in [6.07, 6.45) is 0. The number of thioether (sulfide) groups is 1. The molecule has 25 heavy (non-hydrogen) atoms. The first-order valence-corrected chi connectivity index (χ1v) is 9.99.